The summed E-state index contributed by atoms with van der Waals surface area (Å²) in [5.74, 6) is 0.501. The Morgan fingerprint density at radius 2 is 1.47 bits per heavy atom. The fourth-order valence-electron chi connectivity index (χ4n) is 6.71. The number of hydrogen-bond acceptors (Lipinski definition) is 4. The van der Waals surface area contributed by atoms with Gasteiger partial charge in [0, 0.05) is 46.9 Å². The number of benzene rings is 3. The van der Waals surface area contributed by atoms with Crippen molar-refractivity contribution in [3.8, 4) is 11.3 Å². The highest BCUT2D eigenvalue weighted by atomic mass is 14.9. The molecule has 0 aliphatic carbocycles. The standard InChI is InChI=1S/C52H43N5/c1-4-40(19-11-12-24-44-35-50(43-22-9-6-10-23-43)56-49-32-29-42-21-13-14-26-47(42)51(44)49)41-20-8-5-7-17-38(2)46(30-28-41)48(31-27-39-18-15-33-54-36-39)57-52(53-3)45-25-16-34-55-37-45/h4-26,28-37H,3,27H2,1-2H3/b7-5?,8-5?,17-7?,19-11-,20-8?,24-12+,30-28?,38-17?,40-4+,41-20?,41-28?,46-30?,46-38?,48-31-,57-52-. The lowest BCUT2D eigenvalue weighted by molar-refractivity contribution is 1.18. The number of allylic oxidation sites excluding steroid dienone is 6. The zero-order valence-corrected chi connectivity index (χ0v) is 32.2. The van der Waals surface area contributed by atoms with E-state index in [4.69, 9.17) is 9.98 Å². The molecule has 57 heavy (non-hydrogen) atoms. The SMILES string of the molecule is C=N/C(=N\C(=C/Cc1cccnc1)c1ccc(C(/C=C\C=C\c2cc(-c3ccccc3)nc3ccc4ccccc4c23)=C/C)cccccc1C)c1cccnc1. The number of fused-ring (bicyclic) bond motifs is 3. The Hall–Kier alpha value is -7.37. The van der Waals surface area contributed by atoms with E-state index in [1.54, 1.807) is 18.6 Å². The van der Waals surface area contributed by atoms with Gasteiger partial charge in [0.15, 0.2) is 5.84 Å². The summed E-state index contributed by atoms with van der Waals surface area (Å²) in [6.07, 6.45) is 20.6. The van der Waals surface area contributed by atoms with Gasteiger partial charge in [-0.15, -0.1) is 0 Å². The lowest BCUT2D eigenvalue weighted by Gasteiger charge is -2.10. The number of rotatable bonds is 10. The Labute approximate surface area is 335 Å². The van der Waals surface area contributed by atoms with E-state index in [1.807, 2.05) is 30.5 Å². The van der Waals surface area contributed by atoms with Crippen molar-refractivity contribution >= 4 is 51.6 Å². The summed E-state index contributed by atoms with van der Waals surface area (Å²) in [4.78, 5) is 23.1. The molecule has 0 radical (unpaired) electrons. The minimum Gasteiger partial charge on any atom is -0.264 e. The van der Waals surface area contributed by atoms with E-state index >= 15 is 0 Å². The molecule has 0 aliphatic rings. The molecule has 4 aromatic carbocycles. The molecule has 0 N–H and O–H groups in total. The molecule has 7 aromatic rings. The van der Waals surface area contributed by atoms with Crippen molar-refractivity contribution in [1.82, 2.24) is 15.0 Å². The average Bonchev–Trinajstić information content (AvgIpc) is 3.27. The first kappa shape index (κ1) is 37.9. The monoisotopic (exact) mass is 737 g/mol. The maximum Gasteiger partial charge on any atom is 0.160 e. The highest BCUT2D eigenvalue weighted by molar-refractivity contribution is 6.10. The van der Waals surface area contributed by atoms with Crippen LogP contribution < -0.4 is 0 Å². The van der Waals surface area contributed by atoms with Crippen LogP contribution in [0.4, 0.5) is 0 Å². The Bertz CT molecular complexity index is 2730. The lowest BCUT2D eigenvalue weighted by Crippen LogP contribution is -1.99. The van der Waals surface area contributed by atoms with Gasteiger partial charge in [0.25, 0.3) is 0 Å². The Kier molecular flexibility index (Phi) is 12.5. The topological polar surface area (TPSA) is 63.4 Å². The van der Waals surface area contributed by atoms with Crippen molar-refractivity contribution in [3.05, 3.63) is 228 Å². The number of amidine groups is 1. The van der Waals surface area contributed by atoms with Crippen LogP contribution in [0.5, 0.6) is 0 Å². The second-order valence-corrected chi connectivity index (χ2v) is 13.4. The van der Waals surface area contributed by atoms with Crippen LogP contribution in [-0.2, 0) is 6.42 Å². The van der Waals surface area contributed by atoms with Gasteiger partial charge in [0.1, 0.15) is 0 Å². The molecule has 0 saturated carbocycles. The van der Waals surface area contributed by atoms with Gasteiger partial charge in [-0.2, -0.15) is 0 Å². The maximum atomic E-state index is 5.09. The van der Waals surface area contributed by atoms with Crippen LogP contribution in [0, 0.1) is 6.92 Å². The largest absolute Gasteiger partial charge is 0.264 e. The zero-order valence-electron chi connectivity index (χ0n) is 32.2. The van der Waals surface area contributed by atoms with Gasteiger partial charge >= 0.3 is 0 Å². The van der Waals surface area contributed by atoms with Gasteiger partial charge in [0.05, 0.1) is 16.9 Å². The van der Waals surface area contributed by atoms with E-state index in [0.717, 1.165) is 66.8 Å². The summed E-state index contributed by atoms with van der Waals surface area (Å²) < 4.78 is 0. The van der Waals surface area contributed by atoms with Crippen LogP contribution in [0.1, 0.15) is 40.3 Å². The van der Waals surface area contributed by atoms with Gasteiger partial charge in [0.2, 0.25) is 0 Å². The summed E-state index contributed by atoms with van der Waals surface area (Å²) in [6, 6.07) is 47.8. The van der Waals surface area contributed by atoms with Crippen molar-refractivity contribution in [3.63, 3.8) is 0 Å². The molecule has 5 heteroatoms. The van der Waals surface area contributed by atoms with Crippen LogP contribution in [0.2, 0.25) is 0 Å². The number of aliphatic imine (C=N–C) groups is 2. The molecule has 0 aliphatic heterocycles. The average molecular weight is 738 g/mol. The Balaban J connectivity index is 1.27. The minimum atomic E-state index is 0.501. The molecule has 0 unspecified atom stereocenters. The molecule has 7 rings (SSSR count). The summed E-state index contributed by atoms with van der Waals surface area (Å²) in [6.45, 7) is 8.01. The fraction of sp³-hybridized carbons (Fsp3) is 0.0577. The zero-order chi connectivity index (χ0) is 39.2. The third-order valence-electron chi connectivity index (χ3n) is 9.63. The van der Waals surface area contributed by atoms with E-state index in [1.165, 1.54) is 10.8 Å². The van der Waals surface area contributed by atoms with Crippen molar-refractivity contribution in [1.29, 1.82) is 0 Å². The molecule has 0 saturated heterocycles. The van der Waals surface area contributed by atoms with Crippen LogP contribution in [0.25, 0.3) is 50.3 Å². The molecule has 5 nitrogen and oxygen atoms in total. The number of pyridine rings is 3. The molecular weight excluding hydrogens is 695 g/mol. The van der Waals surface area contributed by atoms with Crippen molar-refractivity contribution < 1.29 is 0 Å². The van der Waals surface area contributed by atoms with E-state index in [0.29, 0.717) is 12.3 Å². The predicted molar refractivity (Wildman–Crippen MR) is 242 cm³/mol. The Morgan fingerprint density at radius 3 is 2.25 bits per heavy atom. The highest BCUT2D eigenvalue weighted by Crippen LogP contribution is 2.32. The minimum absolute atomic E-state index is 0.501. The number of nitrogens with zero attached hydrogens (tertiary/aromatic N) is 5. The number of aryl methyl sites for hydroxylation is 1. The Morgan fingerprint density at radius 1 is 0.719 bits per heavy atom. The third-order valence-corrected chi connectivity index (χ3v) is 9.63. The molecular formula is C52H43N5. The smallest absolute Gasteiger partial charge is 0.160 e. The van der Waals surface area contributed by atoms with E-state index in [2.05, 4.69) is 187 Å². The normalized spacial score (nSPS) is 12.4. The molecule has 0 spiro atoms. The highest BCUT2D eigenvalue weighted by Gasteiger charge is 2.10. The van der Waals surface area contributed by atoms with Crippen LogP contribution in [0.3, 0.4) is 0 Å². The summed E-state index contributed by atoms with van der Waals surface area (Å²) >= 11 is 0. The number of hydrogen-bond donors (Lipinski definition) is 0. The molecule has 0 fully saturated rings. The molecule has 3 aromatic heterocycles. The lowest BCUT2D eigenvalue weighted by atomic mass is 9.98. The van der Waals surface area contributed by atoms with Crippen molar-refractivity contribution in [2.45, 2.75) is 20.3 Å². The number of aromatic nitrogens is 3. The van der Waals surface area contributed by atoms with Crippen LogP contribution >= 0.6 is 0 Å². The van der Waals surface area contributed by atoms with Gasteiger partial charge in [-0.25, -0.2) is 15.0 Å². The molecule has 0 bridgehead atoms. The first-order valence-electron chi connectivity index (χ1n) is 19.0. The summed E-state index contributed by atoms with van der Waals surface area (Å²) in [7, 11) is 0. The van der Waals surface area contributed by atoms with E-state index in [9.17, 15) is 0 Å². The van der Waals surface area contributed by atoms with E-state index < -0.39 is 0 Å². The predicted octanol–water partition coefficient (Wildman–Crippen LogP) is 12.7. The first-order valence-corrected chi connectivity index (χ1v) is 19.0. The first-order chi connectivity index (χ1) is 28.1. The van der Waals surface area contributed by atoms with Crippen molar-refractivity contribution in [2.24, 2.45) is 9.98 Å². The van der Waals surface area contributed by atoms with Crippen molar-refractivity contribution in [2.75, 3.05) is 0 Å². The van der Waals surface area contributed by atoms with E-state index in [-0.39, 0.29) is 0 Å². The second kappa shape index (κ2) is 18.8. The fourth-order valence-corrected chi connectivity index (χ4v) is 6.71. The second-order valence-electron chi connectivity index (χ2n) is 13.4. The molecule has 3 heterocycles. The van der Waals surface area contributed by atoms with Gasteiger partial charge in [-0.3, -0.25) is 9.97 Å². The van der Waals surface area contributed by atoms with Gasteiger partial charge < -0.3 is 0 Å². The van der Waals surface area contributed by atoms with Gasteiger partial charge in [-0.1, -0.05) is 146 Å². The quantitative estimate of drug-likeness (QED) is 0.0608. The molecule has 0 amide bonds. The van der Waals surface area contributed by atoms with Gasteiger partial charge in [-0.05, 0) is 95.9 Å². The summed E-state index contributed by atoms with van der Waals surface area (Å²) in [5.41, 5.74) is 10.9. The summed E-state index contributed by atoms with van der Waals surface area (Å²) in [5, 5.41) is 3.52. The van der Waals surface area contributed by atoms with Crippen LogP contribution in [0.15, 0.2) is 205 Å². The van der Waals surface area contributed by atoms with Crippen LogP contribution in [-0.4, -0.2) is 27.5 Å². The third kappa shape index (κ3) is 9.48. The molecule has 0 atom stereocenters. The molecule has 276 valence electrons. The maximum absolute atomic E-state index is 5.09.